The van der Waals surface area contributed by atoms with Crippen LogP contribution in [0.4, 0.5) is 0 Å². The van der Waals surface area contributed by atoms with Gasteiger partial charge < -0.3 is 9.67 Å². The van der Waals surface area contributed by atoms with Gasteiger partial charge in [-0.2, -0.15) is 5.10 Å². The van der Waals surface area contributed by atoms with E-state index < -0.39 is 5.97 Å². The third kappa shape index (κ3) is 4.18. The fourth-order valence-corrected chi connectivity index (χ4v) is 5.25. The Balaban J connectivity index is 1.39. The van der Waals surface area contributed by atoms with Crippen LogP contribution < -0.4 is 0 Å². The second-order valence-electron chi connectivity index (χ2n) is 9.34. The number of carboxylic acids is 1. The zero-order valence-electron chi connectivity index (χ0n) is 19.5. The van der Waals surface area contributed by atoms with Crippen LogP contribution in [0.5, 0.6) is 0 Å². The van der Waals surface area contributed by atoms with E-state index in [2.05, 4.69) is 40.0 Å². The van der Waals surface area contributed by atoms with Crippen molar-refractivity contribution >= 4 is 27.9 Å². The molecule has 7 nitrogen and oxygen atoms in total. The summed E-state index contributed by atoms with van der Waals surface area (Å²) in [6.07, 6.45) is 10.5. The molecular formula is C28H27N5O2. The van der Waals surface area contributed by atoms with Gasteiger partial charge in [-0.3, -0.25) is 9.67 Å². The van der Waals surface area contributed by atoms with Crippen LogP contribution >= 0.6 is 0 Å². The fraction of sp³-hybridized carbons (Fsp3) is 0.286. The van der Waals surface area contributed by atoms with Gasteiger partial charge in [0.05, 0.1) is 22.1 Å². The molecule has 176 valence electrons. The highest BCUT2D eigenvalue weighted by molar-refractivity contribution is 5.94. The number of carbonyl (C=O) groups is 1. The maximum absolute atomic E-state index is 11.5. The van der Waals surface area contributed by atoms with Crippen LogP contribution in [0, 0.1) is 0 Å². The van der Waals surface area contributed by atoms with E-state index in [1.807, 2.05) is 23.0 Å². The van der Waals surface area contributed by atoms with E-state index in [1.54, 1.807) is 18.3 Å². The Bertz CT molecular complexity index is 1510. The van der Waals surface area contributed by atoms with Crippen LogP contribution in [0.15, 0.2) is 67.0 Å². The average Bonchev–Trinajstić information content (AvgIpc) is 3.55. The summed E-state index contributed by atoms with van der Waals surface area (Å²) in [6, 6.07) is 18.1. The minimum Gasteiger partial charge on any atom is -0.478 e. The van der Waals surface area contributed by atoms with Gasteiger partial charge >= 0.3 is 5.97 Å². The SMILES string of the molecule is O=C(O)c1ccc2c(c1)nc(-c1ccc3nc(CCn4cccn4)ccc3c1)n2C1CCCCC1. The van der Waals surface area contributed by atoms with Crippen molar-refractivity contribution in [2.24, 2.45) is 0 Å². The van der Waals surface area contributed by atoms with Crippen molar-refractivity contribution in [1.29, 1.82) is 0 Å². The van der Waals surface area contributed by atoms with Crippen molar-refractivity contribution in [3.05, 3.63) is 78.2 Å². The van der Waals surface area contributed by atoms with Gasteiger partial charge in [0.15, 0.2) is 0 Å². The number of hydrogen-bond donors (Lipinski definition) is 1. The lowest BCUT2D eigenvalue weighted by Crippen LogP contribution is -2.14. The number of rotatable bonds is 6. The number of nitrogens with zero attached hydrogens (tertiary/aromatic N) is 5. The molecule has 0 radical (unpaired) electrons. The Morgan fingerprint density at radius 1 is 0.971 bits per heavy atom. The molecule has 0 atom stereocenters. The van der Waals surface area contributed by atoms with Crippen molar-refractivity contribution in [3.63, 3.8) is 0 Å². The number of benzene rings is 2. The Kier molecular flexibility index (Phi) is 5.52. The summed E-state index contributed by atoms with van der Waals surface area (Å²) in [5, 5.41) is 14.8. The zero-order chi connectivity index (χ0) is 23.8. The maximum Gasteiger partial charge on any atom is 0.335 e. The summed E-state index contributed by atoms with van der Waals surface area (Å²) in [7, 11) is 0. The van der Waals surface area contributed by atoms with Crippen molar-refractivity contribution in [2.75, 3.05) is 0 Å². The van der Waals surface area contributed by atoms with Crippen LogP contribution in [-0.2, 0) is 13.0 Å². The Morgan fingerprint density at radius 2 is 1.86 bits per heavy atom. The van der Waals surface area contributed by atoms with Crippen LogP contribution in [-0.4, -0.2) is 35.4 Å². The van der Waals surface area contributed by atoms with Crippen molar-refractivity contribution in [1.82, 2.24) is 24.3 Å². The van der Waals surface area contributed by atoms with E-state index in [0.29, 0.717) is 6.04 Å². The number of hydrogen-bond acceptors (Lipinski definition) is 4. The average molecular weight is 466 g/mol. The number of fused-ring (bicyclic) bond motifs is 2. The Morgan fingerprint density at radius 3 is 2.66 bits per heavy atom. The predicted octanol–water partition coefficient (Wildman–Crippen LogP) is 5.89. The molecule has 6 rings (SSSR count). The third-order valence-electron chi connectivity index (χ3n) is 7.04. The van der Waals surface area contributed by atoms with E-state index in [1.165, 1.54) is 19.3 Å². The number of aromatic nitrogens is 5. The molecule has 2 aromatic carbocycles. The fourth-order valence-electron chi connectivity index (χ4n) is 5.25. The molecule has 0 spiro atoms. The molecule has 0 saturated heterocycles. The summed E-state index contributed by atoms with van der Waals surface area (Å²) < 4.78 is 4.26. The highest BCUT2D eigenvalue weighted by Gasteiger charge is 2.23. The summed E-state index contributed by atoms with van der Waals surface area (Å²) in [5.74, 6) is -0.0279. The topological polar surface area (TPSA) is 85.8 Å². The highest BCUT2D eigenvalue weighted by atomic mass is 16.4. The molecule has 1 aliphatic carbocycles. The third-order valence-corrected chi connectivity index (χ3v) is 7.04. The molecule has 5 aromatic rings. The molecule has 7 heteroatoms. The predicted molar refractivity (Wildman–Crippen MR) is 135 cm³/mol. The second-order valence-corrected chi connectivity index (χ2v) is 9.34. The van der Waals surface area contributed by atoms with Gasteiger partial charge in [-0.05, 0) is 61.4 Å². The minimum absolute atomic E-state index is 0.266. The molecule has 1 aliphatic rings. The van der Waals surface area contributed by atoms with Gasteiger partial charge in [0.1, 0.15) is 5.82 Å². The zero-order valence-corrected chi connectivity index (χ0v) is 19.5. The molecule has 0 bridgehead atoms. The van der Waals surface area contributed by atoms with Crippen LogP contribution in [0.25, 0.3) is 33.3 Å². The molecule has 0 unspecified atom stereocenters. The van der Waals surface area contributed by atoms with E-state index in [0.717, 1.165) is 64.8 Å². The van der Waals surface area contributed by atoms with E-state index >= 15 is 0 Å². The number of imidazole rings is 1. The summed E-state index contributed by atoms with van der Waals surface area (Å²) >= 11 is 0. The number of aryl methyl sites for hydroxylation is 2. The number of carboxylic acid groups (broad SMARTS) is 1. The van der Waals surface area contributed by atoms with Crippen LogP contribution in [0.1, 0.15) is 54.2 Å². The largest absolute Gasteiger partial charge is 0.478 e. The van der Waals surface area contributed by atoms with Crippen molar-refractivity contribution < 1.29 is 9.90 Å². The Hall–Kier alpha value is -4.00. The van der Waals surface area contributed by atoms with Gasteiger partial charge in [0.25, 0.3) is 0 Å². The van der Waals surface area contributed by atoms with E-state index in [-0.39, 0.29) is 5.56 Å². The second kappa shape index (κ2) is 8.98. The van der Waals surface area contributed by atoms with Crippen LogP contribution in [0.3, 0.4) is 0 Å². The van der Waals surface area contributed by atoms with Gasteiger partial charge in [0, 0.05) is 48.0 Å². The molecule has 3 heterocycles. The molecule has 1 saturated carbocycles. The molecule has 0 aliphatic heterocycles. The van der Waals surface area contributed by atoms with Gasteiger partial charge in [-0.25, -0.2) is 9.78 Å². The minimum atomic E-state index is -0.930. The van der Waals surface area contributed by atoms with Gasteiger partial charge in [-0.15, -0.1) is 0 Å². The smallest absolute Gasteiger partial charge is 0.335 e. The molecule has 1 N–H and O–H groups in total. The highest BCUT2D eigenvalue weighted by Crippen LogP contribution is 2.36. The van der Waals surface area contributed by atoms with Crippen molar-refractivity contribution in [3.8, 4) is 11.4 Å². The molecule has 0 amide bonds. The lowest BCUT2D eigenvalue weighted by Gasteiger charge is -2.25. The first kappa shape index (κ1) is 21.5. The summed E-state index contributed by atoms with van der Waals surface area (Å²) in [4.78, 5) is 21.4. The van der Waals surface area contributed by atoms with E-state index in [4.69, 9.17) is 9.97 Å². The van der Waals surface area contributed by atoms with Gasteiger partial charge in [0.2, 0.25) is 0 Å². The quantitative estimate of drug-likeness (QED) is 0.338. The van der Waals surface area contributed by atoms with E-state index in [9.17, 15) is 9.90 Å². The first-order chi connectivity index (χ1) is 17.2. The number of aromatic carboxylic acids is 1. The number of pyridine rings is 1. The lowest BCUT2D eigenvalue weighted by atomic mass is 9.94. The molecule has 35 heavy (non-hydrogen) atoms. The molecule has 3 aromatic heterocycles. The molecular weight excluding hydrogens is 438 g/mol. The summed E-state index contributed by atoms with van der Waals surface area (Å²) in [6.45, 7) is 0.799. The maximum atomic E-state index is 11.5. The monoisotopic (exact) mass is 465 g/mol. The first-order valence-corrected chi connectivity index (χ1v) is 12.3. The normalized spacial score (nSPS) is 14.6. The lowest BCUT2D eigenvalue weighted by molar-refractivity contribution is 0.0697. The van der Waals surface area contributed by atoms with Crippen LogP contribution in [0.2, 0.25) is 0 Å². The van der Waals surface area contributed by atoms with Gasteiger partial charge in [-0.1, -0.05) is 25.3 Å². The molecule has 1 fully saturated rings. The summed E-state index contributed by atoms with van der Waals surface area (Å²) in [5.41, 5.74) is 5.03. The van der Waals surface area contributed by atoms with Crippen molar-refractivity contribution in [2.45, 2.75) is 51.1 Å². The first-order valence-electron chi connectivity index (χ1n) is 12.3. The Labute approximate surface area is 203 Å². The standard InChI is InChI=1S/C28H27N5O2/c34-28(35)21-9-12-26-25(18-21)31-27(33(26)23-5-2-1-3-6-23)20-8-11-24-19(17-20)7-10-22(30-24)13-16-32-15-4-14-29-32/h4,7-12,14-15,17-18,23H,1-3,5-6,13,16H2,(H,34,35).